The quantitative estimate of drug-likeness (QED) is 0.230. The SMILES string of the molecule is C=C(C(=O)N1CCOCC1)C(O)c1ccc(NC(=O)c2cccc3c(Oc4ccnc(C(=O)NC)c4)cccc23)cc1C(F)(F)F. The van der Waals surface area contributed by atoms with Crippen molar-refractivity contribution in [2.24, 2.45) is 0 Å². The van der Waals surface area contributed by atoms with Gasteiger partial charge in [0.2, 0.25) is 0 Å². The Balaban J connectivity index is 1.40. The molecule has 3 N–H and O–H groups in total. The zero-order valence-corrected chi connectivity index (χ0v) is 24.6. The number of carbonyl (C=O) groups excluding carboxylic acids is 3. The monoisotopic (exact) mass is 634 g/mol. The molecule has 5 rings (SSSR count). The molecule has 3 aromatic carbocycles. The Morgan fingerprint density at radius 1 is 1.00 bits per heavy atom. The van der Waals surface area contributed by atoms with Crippen LogP contribution in [-0.4, -0.2) is 66.1 Å². The van der Waals surface area contributed by atoms with Gasteiger partial charge in [0.25, 0.3) is 17.7 Å². The average molecular weight is 635 g/mol. The maximum absolute atomic E-state index is 14.2. The molecule has 1 aromatic heterocycles. The summed E-state index contributed by atoms with van der Waals surface area (Å²) in [5, 5.41) is 16.8. The fourth-order valence-corrected chi connectivity index (χ4v) is 5.01. The zero-order valence-electron chi connectivity index (χ0n) is 24.6. The van der Waals surface area contributed by atoms with Crippen LogP contribution in [0.4, 0.5) is 18.9 Å². The standard InChI is InChI=1S/C33H29F3N4O6/c1-19(32(44)40-13-15-45-16-14-40)29(41)25-10-9-20(17-26(25)33(34,35)36)39-30(42)24-7-3-6-23-22(24)5-4-8-28(23)46-21-11-12-38-27(18-21)31(43)37-2/h3-12,17-18,29,41H,1,13-16H2,2H3,(H,37,43)(H,39,42). The number of anilines is 1. The first-order valence-corrected chi connectivity index (χ1v) is 14.1. The molecule has 1 atom stereocenters. The van der Waals surface area contributed by atoms with Gasteiger partial charge in [-0.25, -0.2) is 0 Å². The number of pyridine rings is 1. The summed E-state index contributed by atoms with van der Waals surface area (Å²) in [5.41, 5.74) is -2.08. The van der Waals surface area contributed by atoms with E-state index in [0.29, 0.717) is 28.3 Å². The lowest BCUT2D eigenvalue weighted by Gasteiger charge is -2.29. The van der Waals surface area contributed by atoms with Gasteiger partial charge in [0.15, 0.2) is 0 Å². The summed E-state index contributed by atoms with van der Waals surface area (Å²) in [6.45, 7) is 4.57. The highest BCUT2D eigenvalue weighted by molar-refractivity contribution is 6.13. The Morgan fingerprint density at radius 2 is 1.72 bits per heavy atom. The molecule has 0 bridgehead atoms. The molecule has 1 aliphatic heterocycles. The number of fused-ring (bicyclic) bond motifs is 1. The second kappa shape index (κ2) is 13.4. The Morgan fingerprint density at radius 3 is 2.43 bits per heavy atom. The molecule has 10 nitrogen and oxygen atoms in total. The number of ether oxygens (including phenoxy) is 2. The maximum Gasteiger partial charge on any atom is 0.416 e. The number of nitrogens with one attached hydrogen (secondary N) is 2. The van der Waals surface area contributed by atoms with Crippen LogP contribution in [0, 0.1) is 0 Å². The van der Waals surface area contributed by atoms with Gasteiger partial charge in [0, 0.05) is 54.6 Å². The summed E-state index contributed by atoms with van der Waals surface area (Å²) in [7, 11) is 1.48. The van der Waals surface area contributed by atoms with E-state index in [2.05, 4.69) is 22.2 Å². The molecule has 1 aliphatic rings. The molecule has 238 valence electrons. The first kappa shape index (κ1) is 32.1. The third-order valence-corrected chi connectivity index (χ3v) is 7.36. The zero-order chi connectivity index (χ0) is 33.0. The van der Waals surface area contributed by atoms with Gasteiger partial charge >= 0.3 is 6.18 Å². The van der Waals surface area contributed by atoms with Crippen molar-refractivity contribution in [3.8, 4) is 11.5 Å². The van der Waals surface area contributed by atoms with Crippen LogP contribution in [0.3, 0.4) is 0 Å². The summed E-state index contributed by atoms with van der Waals surface area (Å²) < 4.78 is 53.7. The number of carbonyl (C=O) groups is 3. The smallest absolute Gasteiger partial charge is 0.416 e. The van der Waals surface area contributed by atoms with Gasteiger partial charge in [-0.1, -0.05) is 36.9 Å². The molecule has 2 heterocycles. The van der Waals surface area contributed by atoms with E-state index in [1.54, 1.807) is 36.4 Å². The highest BCUT2D eigenvalue weighted by atomic mass is 19.4. The Hall–Kier alpha value is -5.27. The van der Waals surface area contributed by atoms with Crippen LogP contribution < -0.4 is 15.4 Å². The number of aliphatic hydroxyl groups is 1. The summed E-state index contributed by atoms with van der Waals surface area (Å²) >= 11 is 0. The minimum atomic E-state index is -4.92. The molecular formula is C33H29F3N4O6. The Bertz CT molecular complexity index is 1820. The molecular weight excluding hydrogens is 605 g/mol. The van der Waals surface area contributed by atoms with Gasteiger partial charge < -0.3 is 30.1 Å². The van der Waals surface area contributed by atoms with E-state index < -0.39 is 46.7 Å². The lowest BCUT2D eigenvalue weighted by Crippen LogP contribution is -2.42. The highest BCUT2D eigenvalue weighted by Crippen LogP contribution is 2.39. The van der Waals surface area contributed by atoms with E-state index in [1.807, 2.05) is 0 Å². The van der Waals surface area contributed by atoms with Gasteiger partial charge in [0.1, 0.15) is 23.3 Å². The van der Waals surface area contributed by atoms with E-state index in [4.69, 9.17) is 9.47 Å². The van der Waals surface area contributed by atoms with Crippen LogP contribution in [0.1, 0.15) is 38.1 Å². The fraction of sp³-hybridized carbons (Fsp3) is 0.212. The molecule has 1 fully saturated rings. The number of hydrogen-bond donors (Lipinski definition) is 3. The minimum Gasteiger partial charge on any atom is -0.457 e. The predicted octanol–water partition coefficient (Wildman–Crippen LogP) is 5.11. The number of amides is 3. The molecule has 0 saturated carbocycles. The van der Waals surface area contributed by atoms with Crippen LogP contribution in [-0.2, 0) is 15.7 Å². The summed E-state index contributed by atoms with van der Waals surface area (Å²) in [6.07, 6.45) is -5.43. The number of alkyl halides is 3. The highest BCUT2D eigenvalue weighted by Gasteiger charge is 2.37. The number of benzene rings is 3. The van der Waals surface area contributed by atoms with Crippen molar-refractivity contribution < 1.29 is 42.1 Å². The van der Waals surface area contributed by atoms with Crippen molar-refractivity contribution in [3.05, 3.63) is 107 Å². The molecule has 0 radical (unpaired) electrons. The second-order valence-electron chi connectivity index (χ2n) is 10.3. The summed E-state index contributed by atoms with van der Waals surface area (Å²) in [6, 6.07) is 15.8. The van der Waals surface area contributed by atoms with Gasteiger partial charge in [0.05, 0.1) is 18.8 Å². The number of aromatic nitrogens is 1. The Labute approximate surface area is 261 Å². The first-order valence-electron chi connectivity index (χ1n) is 14.1. The number of aliphatic hydroxyl groups excluding tert-OH is 1. The first-order chi connectivity index (χ1) is 22.0. The number of hydrogen-bond acceptors (Lipinski definition) is 7. The molecule has 1 saturated heterocycles. The van der Waals surface area contributed by atoms with Gasteiger partial charge in [-0.3, -0.25) is 19.4 Å². The van der Waals surface area contributed by atoms with Crippen molar-refractivity contribution in [1.82, 2.24) is 15.2 Å². The number of rotatable bonds is 8. The van der Waals surface area contributed by atoms with Crippen LogP contribution in [0.2, 0.25) is 0 Å². The summed E-state index contributed by atoms with van der Waals surface area (Å²) in [4.78, 5) is 43.5. The van der Waals surface area contributed by atoms with Crippen molar-refractivity contribution >= 4 is 34.2 Å². The normalized spacial score (nSPS) is 14.0. The van der Waals surface area contributed by atoms with Crippen LogP contribution in [0.15, 0.2) is 85.1 Å². The van der Waals surface area contributed by atoms with Crippen LogP contribution >= 0.6 is 0 Å². The van der Waals surface area contributed by atoms with Crippen molar-refractivity contribution in [2.45, 2.75) is 12.3 Å². The molecule has 3 amide bonds. The molecule has 1 unspecified atom stereocenters. The van der Waals surface area contributed by atoms with Crippen molar-refractivity contribution in [3.63, 3.8) is 0 Å². The molecule has 13 heteroatoms. The predicted molar refractivity (Wildman–Crippen MR) is 163 cm³/mol. The summed E-state index contributed by atoms with van der Waals surface area (Å²) in [5.74, 6) is -1.07. The number of halogens is 3. The van der Waals surface area contributed by atoms with Crippen LogP contribution in [0.25, 0.3) is 10.8 Å². The third-order valence-electron chi connectivity index (χ3n) is 7.36. The van der Waals surface area contributed by atoms with Crippen molar-refractivity contribution in [2.75, 3.05) is 38.7 Å². The van der Waals surface area contributed by atoms with Gasteiger partial charge in [-0.05, 0) is 41.3 Å². The minimum absolute atomic E-state index is 0.144. The Kier molecular flexibility index (Phi) is 9.35. The average Bonchev–Trinajstić information content (AvgIpc) is 3.07. The third kappa shape index (κ3) is 6.85. The lowest BCUT2D eigenvalue weighted by molar-refractivity contribution is -0.139. The lowest BCUT2D eigenvalue weighted by atomic mass is 9.95. The van der Waals surface area contributed by atoms with E-state index in [-0.39, 0.29) is 43.2 Å². The molecule has 4 aromatic rings. The van der Waals surface area contributed by atoms with E-state index in [0.717, 1.165) is 6.07 Å². The van der Waals surface area contributed by atoms with E-state index in [9.17, 15) is 32.7 Å². The second-order valence-corrected chi connectivity index (χ2v) is 10.3. The molecule has 0 spiro atoms. The van der Waals surface area contributed by atoms with Gasteiger partial charge in [-0.15, -0.1) is 0 Å². The topological polar surface area (TPSA) is 130 Å². The van der Waals surface area contributed by atoms with E-state index in [1.165, 1.54) is 36.3 Å². The number of nitrogens with zero attached hydrogens (tertiary/aromatic N) is 2. The van der Waals surface area contributed by atoms with E-state index >= 15 is 0 Å². The largest absolute Gasteiger partial charge is 0.457 e. The maximum atomic E-state index is 14.2. The number of morpholine rings is 1. The van der Waals surface area contributed by atoms with Gasteiger partial charge in [-0.2, -0.15) is 13.2 Å². The fourth-order valence-electron chi connectivity index (χ4n) is 5.01. The molecule has 46 heavy (non-hydrogen) atoms. The van der Waals surface area contributed by atoms with Crippen molar-refractivity contribution in [1.29, 1.82) is 0 Å². The van der Waals surface area contributed by atoms with Crippen LogP contribution in [0.5, 0.6) is 11.5 Å². The molecule has 0 aliphatic carbocycles.